The second kappa shape index (κ2) is 7.28. The molecule has 148 valence electrons. The van der Waals surface area contributed by atoms with Crippen LogP contribution in [0.25, 0.3) is 0 Å². The van der Waals surface area contributed by atoms with Gasteiger partial charge in [-0.3, -0.25) is 0 Å². The van der Waals surface area contributed by atoms with E-state index in [1.807, 2.05) is 0 Å². The molecule has 2 heteroatoms. The van der Waals surface area contributed by atoms with Crippen LogP contribution in [0.15, 0.2) is 113 Å². The predicted molar refractivity (Wildman–Crippen MR) is 132 cm³/mol. The van der Waals surface area contributed by atoms with E-state index >= 15 is 0 Å². The van der Waals surface area contributed by atoms with Crippen LogP contribution in [-0.4, -0.2) is 5.66 Å². The Kier molecular flexibility index (Phi) is 5.06. The summed E-state index contributed by atoms with van der Waals surface area (Å²) >= 11 is 8.36. The quantitative estimate of drug-likeness (QED) is 0.412. The Labute approximate surface area is 179 Å². The Morgan fingerprint density at radius 2 is 0.793 bits per heavy atom. The van der Waals surface area contributed by atoms with Crippen molar-refractivity contribution in [1.29, 1.82) is 0 Å². The van der Waals surface area contributed by atoms with E-state index in [9.17, 15) is 0 Å². The fraction of sp³-hybridized carbons (Fsp3) is 0.185. The van der Waals surface area contributed by atoms with Crippen LogP contribution >= 0.6 is 17.2 Å². The molecule has 0 bridgehead atoms. The molecule has 4 rings (SSSR count). The second-order valence-electron chi connectivity index (χ2n) is 8.10. The molecule has 0 atom stereocenters. The van der Waals surface area contributed by atoms with Crippen LogP contribution in [0.5, 0.6) is 0 Å². The van der Waals surface area contributed by atoms with Gasteiger partial charge in [-0.05, 0) is 0 Å². The summed E-state index contributed by atoms with van der Waals surface area (Å²) < 4.78 is 0. The molecule has 0 radical (unpaired) electrons. The molecule has 0 amide bonds. The molecule has 3 aromatic carbocycles. The Bertz CT molecular complexity index is 972. The van der Waals surface area contributed by atoms with Gasteiger partial charge in [-0.15, -0.1) is 0 Å². The molecule has 0 spiro atoms. The molecule has 3 aromatic rings. The van der Waals surface area contributed by atoms with Gasteiger partial charge in [0.15, 0.2) is 0 Å². The standard InChI is InChI=1S/C27H28ClP/c1-20-21(2)23(4)27(22(20)3)29(28,24-14-8-5-9-15-24,25-16-10-6-11-17-25)26-18-12-7-13-19-26/h5-19,27H,1-4H3. The Morgan fingerprint density at radius 3 is 1.07 bits per heavy atom. The van der Waals surface area contributed by atoms with E-state index in [1.54, 1.807) is 0 Å². The van der Waals surface area contributed by atoms with Crippen LogP contribution in [0.1, 0.15) is 27.7 Å². The number of allylic oxidation sites excluding steroid dienone is 4. The predicted octanol–water partition coefficient (Wildman–Crippen LogP) is 6.73. The van der Waals surface area contributed by atoms with Crippen LogP contribution in [0, 0.1) is 0 Å². The van der Waals surface area contributed by atoms with Crippen molar-refractivity contribution < 1.29 is 0 Å². The first-order valence-corrected chi connectivity index (χ1v) is 13.4. The minimum atomic E-state index is -3.37. The van der Waals surface area contributed by atoms with Crippen molar-refractivity contribution in [3.8, 4) is 0 Å². The minimum absolute atomic E-state index is 0.148. The zero-order valence-corrected chi connectivity index (χ0v) is 19.2. The molecule has 1 aliphatic rings. The molecule has 29 heavy (non-hydrogen) atoms. The van der Waals surface area contributed by atoms with Gasteiger partial charge >= 0.3 is 180 Å². The van der Waals surface area contributed by atoms with E-state index < -0.39 is 5.96 Å². The van der Waals surface area contributed by atoms with Gasteiger partial charge in [-0.1, -0.05) is 0 Å². The number of rotatable bonds is 4. The molecule has 0 N–H and O–H groups in total. The molecule has 0 nitrogen and oxygen atoms in total. The van der Waals surface area contributed by atoms with Crippen molar-refractivity contribution >= 4 is 33.1 Å². The van der Waals surface area contributed by atoms with Gasteiger partial charge in [-0.2, -0.15) is 0 Å². The Morgan fingerprint density at radius 1 is 0.517 bits per heavy atom. The molecule has 0 heterocycles. The summed E-state index contributed by atoms with van der Waals surface area (Å²) in [5, 5.41) is 3.68. The summed E-state index contributed by atoms with van der Waals surface area (Å²) in [5.74, 6) is -3.37. The van der Waals surface area contributed by atoms with Crippen molar-refractivity contribution in [3.05, 3.63) is 113 Å². The maximum absolute atomic E-state index is 8.36. The third kappa shape index (κ3) is 2.70. The summed E-state index contributed by atoms with van der Waals surface area (Å²) in [4.78, 5) is 0. The van der Waals surface area contributed by atoms with Gasteiger partial charge in [0.05, 0.1) is 0 Å². The van der Waals surface area contributed by atoms with Crippen molar-refractivity contribution in [3.63, 3.8) is 0 Å². The van der Waals surface area contributed by atoms with Crippen LogP contribution in [-0.2, 0) is 0 Å². The molecular formula is C27H28ClP. The van der Waals surface area contributed by atoms with Crippen molar-refractivity contribution in [1.82, 2.24) is 0 Å². The molecule has 0 unspecified atom stereocenters. The fourth-order valence-electron chi connectivity index (χ4n) is 5.11. The topological polar surface area (TPSA) is 0 Å². The summed E-state index contributed by atoms with van der Waals surface area (Å²) in [6.45, 7) is 9.04. The number of halogens is 1. The Hall–Kier alpha value is -2.14. The normalized spacial score (nSPS) is 16.8. The maximum atomic E-state index is 8.36. The first-order chi connectivity index (χ1) is 13.9. The average molecular weight is 419 g/mol. The summed E-state index contributed by atoms with van der Waals surface area (Å²) in [6.07, 6.45) is 0. The first-order valence-electron chi connectivity index (χ1n) is 10.2. The van der Waals surface area contributed by atoms with E-state index in [0.29, 0.717) is 0 Å². The number of hydrogen-bond acceptors (Lipinski definition) is 0. The summed E-state index contributed by atoms with van der Waals surface area (Å²) in [6, 6.07) is 32.4. The first kappa shape index (κ1) is 20.1. The van der Waals surface area contributed by atoms with E-state index in [2.05, 4.69) is 119 Å². The monoisotopic (exact) mass is 418 g/mol. The molecule has 1 aliphatic carbocycles. The Balaban J connectivity index is 2.24. The second-order valence-corrected chi connectivity index (χ2v) is 14.4. The van der Waals surface area contributed by atoms with E-state index in [1.165, 1.54) is 38.2 Å². The molecule has 0 fully saturated rings. The van der Waals surface area contributed by atoms with Gasteiger partial charge < -0.3 is 0 Å². The third-order valence-corrected chi connectivity index (χ3v) is 14.8. The summed E-state index contributed by atoms with van der Waals surface area (Å²) in [5.41, 5.74) is 5.69. The zero-order chi connectivity index (χ0) is 20.7. The van der Waals surface area contributed by atoms with Crippen molar-refractivity contribution in [2.75, 3.05) is 0 Å². The van der Waals surface area contributed by atoms with Crippen LogP contribution in [0.3, 0.4) is 0 Å². The van der Waals surface area contributed by atoms with Gasteiger partial charge in [0.25, 0.3) is 0 Å². The van der Waals surface area contributed by atoms with Gasteiger partial charge in [0.1, 0.15) is 0 Å². The molecule has 0 aliphatic heterocycles. The van der Waals surface area contributed by atoms with Crippen LogP contribution in [0.4, 0.5) is 0 Å². The van der Waals surface area contributed by atoms with E-state index in [4.69, 9.17) is 11.2 Å². The van der Waals surface area contributed by atoms with Gasteiger partial charge in [0.2, 0.25) is 0 Å². The van der Waals surface area contributed by atoms with Crippen LogP contribution < -0.4 is 15.9 Å². The van der Waals surface area contributed by atoms with E-state index in [0.717, 1.165) is 0 Å². The zero-order valence-electron chi connectivity index (χ0n) is 17.6. The number of benzene rings is 3. The molecule has 0 saturated carbocycles. The molecule has 0 saturated heterocycles. The summed E-state index contributed by atoms with van der Waals surface area (Å²) in [7, 11) is 0. The van der Waals surface area contributed by atoms with Crippen molar-refractivity contribution in [2.24, 2.45) is 0 Å². The van der Waals surface area contributed by atoms with Crippen molar-refractivity contribution in [2.45, 2.75) is 33.4 Å². The van der Waals surface area contributed by atoms with Gasteiger partial charge in [0, 0.05) is 0 Å². The number of hydrogen-bond donors (Lipinski definition) is 0. The van der Waals surface area contributed by atoms with Gasteiger partial charge in [-0.25, -0.2) is 0 Å². The SMILES string of the molecule is CC1=C(C)C(P(Cl)(c2ccccc2)(c2ccccc2)c2ccccc2)C(C)=C1C. The average Bonchev–Trinajstić information content (AvgIpc) is 2.98. The fourth-order valence-corrected chi connectivity index (χ4v) is 12.9. The molecule has 0 aromatic heterocycles. The molecular weight excluding hydrogens is 391 g/mol. The van der Waals surface area contributed by atoms with Crippen LogP contribution in [0.2, 0.25) is 0 Å². The van der Waals surface area contributed by atoms with E-state index in [-0.39, 0.29) is 5.66 Å². The third-order valence-electron chi connectivity index (χ3n) is 6.83.